The first kappa shape index (κ1) is 23.3. The topological polar surface area (TPSA) is 95.0 Å². The summed E-state index contributed by atoms with van der Waals surface area (Å²) >= 11 is 0. The molecule has 5 rings (SSSR count). The van der Waals surface area contributed by atoms with Crippen LogP contribution in [-0.4, -0.2) is 29.0 Å². The van der Waals surface area contributed by atoms with Gasteiger partial charge in [0.25, 0.3) is 0 Å². The number of hydrogen-bond acceptors (Lipinski definition) is 6. The summed E-state index contributed by atoms with van der Waals surface area (Å²) in [6, 6.07) is 23.5. The zero-order valence-corrected chi connectivity index (χ0v) is 20.4. The number of aromatic nitrogens is 2. The van der Waals surface area contributed by atoms with E-state index in [2.05, 4.69) is 26.3 Å². The number of hydrogen-bond donors (Lipinski definition) is 1. The molecule has 0 bridgehead atoms. The van der Waals surface area contributed by atoms with Gasteiger partial charge in [0.2, 0.25) is 17.7 Å². The minimum Gasteiger partial charge on any atom is -0.438 e. The van der Waals surface area contributed by atoms with Crippen molar-refractivity contribution >= 4 is 17.7 Å². The van der Waals surface area contributed by atoms with Gasteiger partial charge in [-0.25, -0.2) is 9.97 Å². The predicted molar refractivity (Wildman–Crippen MR) is 139 cm³/mol. The minimum atomic E-state index is -0.191. The van der Waals surface area contributed by atoms with Crippen LogP contribution in [0.4, 0.5) is 11.8 Å². The lowest BCUT2D eigenvalue weighted by molar-refractivity contribution is -0.120. The molecule has 1 saturated heterocycles. The number of aryl methyl sites for hydroxylation is 2. The molecule has 2 aromatic heterocycles. The van der Waals surface area contributed by atoms with E-state index in [4.69, 9.17) is 4.42 Å². The second-order valence-corrected chi connectivity index (χ2v) is 9.06. The fourth-order valence-electron chi connectivity index (χ4n) is 4.70. The number of piperidine rings is 1. The molecule has 0 aliphatic carbocycles. The highest BCUT2D eigenvalue weighted by atomic mass is 16.4. The molecule has 0 saturated carbocycles. The Labute approximate surface area is 210 Å². The second-order valence-electron chi connectivity index (χ2n) is 9.06. The van der Waals surface area contributed by atoms with Crippen LogP contribution in [0.1, 0.15) is 29.8 Å². The van der Waals surface area contributed by atoms with Crippen LogP contribution in [0, 0.1) is 31.1 Å². The zero-order chi connectivity index (χ0) is 25.1. The second kappa shape index (κ2) is 10.0. The number of rotatable bonds is 5. The van der Waals surface area contributed by atoms with E-state index in [9.17, 15) is 10.1 Å². The summed E-state index contributed by atoms with van der Waals surface area (Å²) in [6.45, 7) is 5.30. The SMILES string of the molecule is Cc1cc(C)nc(N2CCC(C(=O)Nc3oc(-c4ccccc4)c(-c4ccccc4)c3C#N)CC2)n1. The molecule has 0 atom stereocenters. The molecule has 36 heavy (non-hydrogen) atoms. The van der Waals surface area contributed by atoms with E-state index in [1.54, 1.807) is 0 Å². The van der Waals surface area contributed by atoms with Crippen molar-refractivity contribution in [1.29, 1.82) is 5.26 Å². The van der Waals surface area contributed by atoms with E-state index in [0.29, 0.717) is 48.8 Å². The lowest BCUT2D eigenvalue weighted by Gasteiger charge is -2.31. The van der Waals surface area contributed by atoms with E-state index < -0.39 is 0 Å². The Hall–Kier alpha value is -4.44. The van der Waals surface area contributed by atoms with Crippen LogP contribution in [0.2, 0.25) is 0 Å². The Morgan fingerprint density at radius 1 is 0.972 bits per heavy atom. The van der Waals surface area contributed by atoms with Crippen LogP contribution < -0.4 is 10.2 Å². The van der Waals surface area contributed by atoms with Gasteiger partial charge in [-0.1, -0.05) is 60.7 Å². The van der Waals surface area contributed by atoms with Gasteiger partial charge in [0.15, 0.2) is 0 Å². The van der Waals surface area contributed by atoms with Gasteiger partial charge in [-0.3, -0.25) is 10.1 Å². The van der Waals surface area contributed by atoms with Crippen LogP contribution in [0.3, 0.4) is 0 Å². The Morgan fingerprint density at radius 2 is 1.56 bits per heavy atom. The molecule has 7 nitrogen and oxygen atoms in total. The van der Waals surface area contributed by atoms with Gasteiger partial charge in [0.05, 0.1) is 0 Å². The highest BCUT2D eigenvalue weighted by molar-refractivity contribution is 5.96. The van der Waals surface area contributed by atoms with Crippen LogP contribution in [-0.2, 0) is 4.79 Å². The number of anilines is 2. The van der Waals surface area contributed by atoms with Crippen LogP contribution >= 0.6 is 0 Å². The molecule has 0 radical (unpaired) electrons. The molecule has 4 aromatic rings. The van der Waals surface area contributed by atoms with Crippen LogP contribution in [0.15, 0.2) is 71.1 Å². The Morgan fingerprint density at radius 3 is 2.14 bits per heavy atom. The first-order valence-corrected chi connectivity index (χ1v) is 12.1. The normalized spacial score (nSPS) is 13.9. The predicted octanol–water partition coefficient (Wildman–Crippen LogP) is 5.75. The fourth-order valence-corrected chi connectivity index (χ4v) is 4.70. The average molecular weight is 478 g/mol. The summed E-state index contributed by atoms with van der Waals surface area (Å²) in [7, 11) is 0. The van der Waals surface area contributed by atoms with Gasteiger partial charge >= 0.3 is 0 Å². The van der Waals surface area contributed by atoms with Crippen molar-refractivity contribution in [3.63, 3.8) is 0 Å². The molecule has 180 valence electrons. The molecule has 1 aliphatic rings. The smallest absolute Gasteiger partial charge is 0.229 e. The van der Waals surface area contributed by atoms with Crippen molar-refractivity contribution < 1.29 is 9.21 Å². The Kier molecular flexibility index (Phi) is 6.50. The van der Waals surface area contributed by atoms with E-state index in [0.717, 1.165) is 22.5 Å². The maximum atomic E-state index is 13.3. The quantitative estimate of drug-likeness (QED) is 0.393. The van der Waals surface area contributed by atoms with Crippen LogP contribution in [0.25, 0.3) is 22.5 Å². The van der Waals surface area contributed by atoms with Gasteiger partial charge in [-0.2, -0.15) is 5.26 Å². The van der Waals surface area contributed by atoms with Gasteiger partial charge in [-0.15, -0.1) is 0 Å². The molecule has 1 aliphatic heterocycles. The third kappa shape index (κ3) is 4.71. The van der Waals surface area contributed by atoms with Gasteiger partial charge in [-0.05, 0) is 38.3 Å². The van der Waals surface area contributed by atoms with Crippen molar-refractivity contribution in [2.45, 2.75) is 26.7 Å². The third-order valence-corrected chi connectivity index (χ3v) is 6.47. The van der Waals surface area contributed by atoms with Crippen molar-refractivity contribution in [3.8, 4) is 28.5 Å². The molecular formula is C29H27N5O2. The average Bonchev–Trinajstić information content (AvgIpc) is 3.27. The van der Waals surface area contributed by atoms with Gasteiger partial charge in [0.1, 0.15) is 17.4 Å². The first-order chi connectivity index (χ1) is 17.5. The van der Waals surface area contributed by atoms with Gasteiger partial charge < -0.3 is 9.32 Å². The molecule has 0 unspecified atom stereocenters. The Balaban J connectivity index is 1.38. The summed E-state index contributed by atoms with van der Waals surface area (Å²) in [5.41, 5.74) is 4.58. The monoisotopic (exact) mass is 477 g/mol. The lowest BCUT2D eigenvalue weighted by atomic mass is 9.95. The summed E-state index contributed by atoms with van der Waals surface area (Å²) in [5.74, 6) is 1.14. The molecule has 0 spiro atoms. The number of benzene rings is 2. The van der Waals surface area contributed by atoms with Crippen LogP contribution in [0.5, 0.6) is 0 Å². The molecule has 1 amide bonds. The van der Waals surface area contributed by atoms with Crippen molar-refractivity contribution in [3.05, 3.63) is 83.7 Å². The van der Waals surface area contributed by atoms with E-state index in [-0.39, 0.29) is 17.7 Å². The summed E-state index contributed by atoms with van der Waals surface area (Å²) < 4.78 is 6.17. The molecule has 1 fully saturated rings. The molecule has 2 aromatic carbocycles. The summed E-state index contributed by atoms with van der Waals surface area (Å²) in [5, 5.41) is 13.0. The fraction of sp³-hybridized carbons (Fsp3) is 0.241. The van der Waals surface area contributed by atoms with Crippen molar-refractivity contribution in [2.24, 2.45) is 5.92 Å². The van der Waals surface area contributed by atoms with E-state index in [1.807, 2.05) is 80.6 Å². The number of nitriles is 1. The van der Waals surface area contributed by atoms with Gasteiger partial charge in [0, 0.05) is 41.5 Å². The molecular weight excluding hydrogens is 450 g/mol. The number of carbonyl (C=O) groups is 1. The summed E-state index contributed by atoms with van der Waals surface area (Å²) in [4.78, 5) is 24.5. The van der Waals surface area contributed by atoms with Crippen molar-refractivity contribution in [1.82, 2.24) is 9.97 Å². The highest BCUT2D eigenvalue weighted by Gasteiger charge is 2.29. The zero-order valence-electron chi connectivity index (χ0n) is 20.4. The maximum absolute atomic E-state index is 13.3. The molecule has 7 heteroatoms. The maximum Gasteiger partial charge on any atom is 0.229 e. The first-order valence-electron chi connectivity index (χ1n) is 12.1. The number of amides is 1. The van der Waals surface area contributed by atoms with Crippen molar-refractivity contribution in [2.75, 3.05) is 23.3 Å². The largest absolute Gasteiger partial charge is 0.438 e. The number of carbonyl (C=O) groups excluding carboxylic acids is 1. The Bertz CT molecular complexity index is 1400. The van der Waals surface area contributed by atoms with E-state index >= 15 is 0 Å². The number of nitrogens with one attached hydrogen (secondary N) is 1. The summed E-state index contributed by atoms with van der Waals surface area (Å²) in [6.07, 6.45) is 1.34. The third-order valence-electron chi connectivity index (χ3n) is 6.47. The number of nitrogens with zero attached hydrogens (tertiary/aromatic N) is 4. The minimum absolute atomic E-state index is 0.138. The van der Waals surface area contributed by atoms with E-state index in [1.165, 1.54) is 0 Å². The highest BCUT2D eigenvalue weighted by Crippen LogP contribution is 2.41. The molecule has 1 N–H and O–H groups in total. The molecule has 3 heterocycles. The lowest BCUT2D eigenvalue weighted by Crippen LogP contribution is -2.39. The standard InChI is InChI=1S/C29H27N5O2/c1-19-17-20(2)32-29(31-19)34-15-13-23(14-16-34)27(35)33-28-24(18-30)25(21-9-5-3-6-10-21)26(36-28)22-11-7-4-8-12-22/h3-12,17,23H,13-16H2,1-2H3,(H,33,35). The number of furan rings is 1.